The molecule has 1 fully saturated rings. The van der Waals surface area contributed by atoms with Crippen molar-refractivity contribution in [1.82, 2.24) is 5.32 Å². The van der Waals surface area contributed by atoms with E-state index >= 15 is 0 Å². The Hall–Kier alpha value is -1.88. The van der Waals surface area contributed by atoms with Gasteiger partial charge in [0.2, 0.25) is 12.0 Å². The van der Waals surface area contributed by atoms with Gasteiger partial charge in [-0.05, 0) is 12.8 Å². The molecule has 1 amide bonds. The van der Waals surface area contributed by atoms with Crippen LogP contribution in [0.15, 0.2) is 0 Å². The second-order valence-corrected chi connectivity index (χ2v) is 8.63. The lowest BCUT2D eigenvalue weighted by Gasteiger charge is -2.29. The van der Waals surface area contributed by atoms with Crippen molar-refractivity contribution in [2.75, 3.05) is 18.9 Å². The first-order chi connectivity index (χ1) is 12.5. The second-order valence-electron chi connectivity index (χ2n) is 6.87. The molecule has 0 aromatic carbocycles. The molecule has 1 saturated heterocycles. The summed E-state index contributed by atoms with van der Waals surface area (Å²) in [6.45, 7) is 5.98. The van der Waals surface area contributed by atoms with E-state index in [4.69, 9.17) is 18.4 Å². The Morgan fingerprint density at radius 1 is 1.22 bits per heavy atom. The highest BCUT2D eigenvalue weighted by Crippen LogP contribution is 2.29. The zero-order valence-electron chi connectivity index (χ0n) is 16.0. The monoisotopic (exact) mass is 409 g/mol. The fraction of sp³-hybridized carbons (Fsp3) is 0.812. The fourth-order valence-electron chi connectivity index (χ4n) is 2.22. The van der Waals surface area contributed by atoms with Gasteiger partial charge in [0.05, 0.1) is 12.4 Å². The van der Waals surface area contributed by atoms with Crippen molar-refractivity contribution < 1.29 is 41.2 Å². The molecule has 0 saturated carbocycles. The van der Waals surface area contributed by atoms with Crippen molar-refractivity contribution in [3.05, 3.63) is 0 Å². The standard InChI is InChI=1S/C16H27NO9S/c1-5-7-12-24-14(19)13(26-15(20)25-12)16(3,4)10-23-27(21,22)9-6-8-17-11(2)18/h12-13H,5-10H2,1-4H3,(H,17,18)/t12?,13-/m0/s1. The van der Waals surface area contributed by atoms with Crippen LogP contribution in [0.4, 0.5) is 4.79 Å². The Kier molecular flexibility index (Phi) is 8.48. The predicted octanol–water partition coefficient (Wildman–Crippen LogP) is 1.09. The highest BCUT2D eigenvalue weighted by molar-refractivity contribution is 7.86. The Labute approximate surface area is 159 Å². The topological polar surface area (TPSA) is 134 Å². The molecule has 0 radical (unpaired) electrons. The average Bonchev–Trinajstić information content (AvgIpc) is 2.69. The van der Waals surface area contributed by atoms with Crippen LogP contribution in [-0.2, 0) is 38.1 Å². The summed E-state index contributed by atoms with van der Waals surface area (Å²) >= 11 is 0. The van der Waals surface area contributed by atoms with E-state index < -0.39 is 46.7 Å². The smallest absolute Gasteiger partial charge is 0.422 e. The van der Waals surface area contributed by atoms with Gasteiger partial charge < -0.3 is 19.5 Å². The van der Waals surface area contributed by atoms with E-state index in [1.165, 1.54) is 20.8 Å². The van der Waals surface area contributed by atoms with Gasteiger partial charge in [0.15, 0.2) is 0 Å². The van der Waals surface area contributed by atoms with E-state index in [-0.39, 0.29) is 24.6 Å². The first kappa shape index (κ1) is 23.2. The number of nitrogens with one attached hydrogen (secondary N) is 1. The van der Waals surface area contributed by atoms with Gasteiger partial charge >= 0.3 is 12.1 Å². The number of ether oxygens (including phenoxy) is 3. The van der Waals surface area contributed by atoms with Crippen LogP contribution in [-0.4, -0.2) is 57.7 Å². The molecule has 27 heavy (non-hydrogen) atoms. The lowest BCUT2D eigenvalue weighted by molar-refractivity contribution is -0.171. The normalized spacial score (nSPS) is 20.9. The number of cyclic esters (lactones) is 3. The molecule has 2 atom stereocenters. The summed E-state index contributed by atoms with van der Waals surface area (Å²) in [6.07, 6.45) is -2.34. The summed E-state index contributed by atoms with van der Waals surface area (Å²) < 4.78 is 43.9. The zero-order chi connectivity index (χ0) is 20.7. The quantitative estimate of drug-likeness (QED) is 0.319. The largest absolute Gasteiger partial charge is 0.512 e. The first-order valence-electron chi connectivity index (χ1n) is 8.66. The molecule has 0 aromatic rings. The molecule has 11 heteroatoms. The Bertz CT molecular complexity index is 644. The second kappa shape index (κ2) is 9.88. The molecule has 0 spiro atoms. The molecule has 1 aliphatic rings. The number of amides is 1. The number of hydrogen-bond donors (Lipinski definition) is 1. The van der Waals surface area contributed by atoms with Gasteiger partial charge in [0.1, 0.15) is 0 Å². The predicted molar refractivity (Wildman–Crippen MR) is 93.0 cm³/mol. The molecular formula is C16H27NO9S. The van der Waals surface area contributed by atoms with Crippen LogP contribution < -0.4 is 5.32 Å². The van der Waals surface area contributed by atoms with Gasteiger partial charge in [-0.2, -0.15) is 8.42 Å². The number of rotatable bonds is 10. The summed E-state index contributed by atoms with van der Waals surface area (Å²) in [5.74, 6) is -1.39. The Morgan fingerprint density at radius 3 is 2.48 bits per heavy atom. The Morgan fingerprint density at radius 2 is 1.89 bits per heavy atom. The summed E-state index contributed by atoms with van der Waals surface area (Å²) in [5, 5.41) is 2.48. The highest BCUT2D eigenvalue weighted by atomic mass is 32.2. The third-order valence-electron chi connectivity index (χ3n) is 3.69. The maximum absolute atomic E-state index is 12.3. The van der Waals surface area contributed by atoms with Gasteiger partial charge in [-0.1, -0.05) is 20.8 Å². The molecule has 10 nitrogen and oxygen atoms in total. The molecule has 1 N–H and O–H groups in total. The van der Waals surface area contributed by atoms with Crippen LogP contribution in [0.1, 0.15) is 47.0 Å². The molecule has 0 aromatic heterocycles. The van der Waals surface area contributed by atoms with Crippen molar-refractivity contribution in [1.29, 1.82) is 0 Å². The van der Waals surface area contributed by atoms with Gasteiger partial charge in [-0.15, -0.1) is 0 Å². The SMILES string of the molecule is CCCC1OC(=O)O[C@H](C(C)(C)COS(=O)(=O)CCCNC(C)=O)C(=O)O1. The number of hydrogen-bond acceptors (Lipinski definition) is 9. The fourth-order valence-corrected chi connectivity index (χ4v) is 3.32. The van der Waals surface area contributed by atoms with Crippen molar-refractivity contribution in [3.8, 4) is 0 Å². The van der Waals surface area contributed by atoms with Crippen LogP contribution in [0, 0.1) is 5.41 Å². The van der Waals surface area contributed by atoms with E-state index in [2.05, 4.69) is 5.32 Å². The minimum Gasteiger partial charge on any atom is -0.422 e. The van der Waals surface area contributed by atoms with Crippen LogP contribution in [0.25, 0.3) is 0 Å². The van der Waals surface area contributed by atoms with E-state index in [1.807, 2.05) is 6.92 Å². The minimum atomic E-state index is -3.89. The van der Waals surface area contributed by atoms with Gasteiger partial charge in [0, 0.05) is 25.3 Å². The summed E-state index contributed by atoms with van der Waals surface area (Å²) in [5.41, 5.74) is -1.18. The molecule has 1 aliphatic heterocycles. The van der Waals surface area contributed by atoms with Gasteiger partial charge in [-0.25, -0.2) is 9.59 Å². The molecular weight excluding hydrogens is 382 g/mol. The molecule has 0 bridgehead atoms. The molecule has 0 aliphatic carbocycles. The lowest BCUT2D eigenvalue weighted by atomic mass is 9.87. The summed E-state index contributed by atoms with van der Waals surface area (Å²) in [4.78, 5) is 34.8. The maximum Gasteiger partial charge on any atom is 0.512 e. The minimum absolute atomic E-state index is 0.176. The van der Waals surface area contributed by atoms with Crippen molar-refractivity contribution in [2.24, 2.45) is 5.41 Å². The maximum atomic E-state index is 12.3. The third-order valence-corrected chi connectivity index (χ3v) is 4.96. The zero-order valence-corrected chi connectivity index (χ0v) is 16.8. The van der Waals surface area contributed by atoms with E-state index in [0.29, 0.717) is 12.8 Å². The van der Waals surface area contributed by atoms with Crippen LogP contribution in [0.5, 0.6) is 0 Å². The summed E-state index contributed by atoms with van der Waals surface area (Å²) in [7, 11) is -3.89. The molecule has 1 heterocycles. The van der Waals surface area contributed by atoms with E-state index in [1.54, 1.807) is 0 Å². The van der Waals surface area contributed by atoms with Crippen LogP contribution in [0.3, 0.4) is 0 Å². The number of esters is 1. The molecule has 156 valence electrons. The highest BCUT2D eigenvalue weighted by Gasteiger charge is 2.45. The molecule has 1 unspecified atom stereocenters. The number of carbonyl (C=O) groups excluding carboxylic acids is 3. The Balaban J connectivity index is 2.65. The van der Waals surface area contributed by atoms with E-state index in [9.17, 15) is 22.8 Å². The van der Waals surface area contributed by atoms with Gasteiger partial charge in [0.25, 0.3) is 16.4 Å². The van der Waals surface area contributed by atoms with Crippen LogP contribution >= 0.6 is 0 Å². The lowest BCUT2D eigenvalue weighted by Crippen LogP contribution is -2.43. The van der Waals surface area contributed by atoms with Crippen LogP contribution in [0.2, 0.25) is 0 Å². The average molecular weight is 409 g/mol. The third kappa shape index (κ3) is 8.12. The van der Waals surface area contributed by atoms with Crippen molar-refractivity contribution >= 4 is 28.1 Å². The summed E-state index contributed by atoms with van der Waals surface area (Å²) in [6, 6.07) is 0. The van der Waals surface area contributed by atoms with Crippen molar-refractivity contribution in [2.45, 2.75) is 59.4 Å². The van der Waals surface area contributed by atoms with E-state index in [0.717, 1.165) is 0 Å². The van der Waals surface area contributed by atoms with Crippen molar-refractivity contribution in [3.63, 3.8) is 0 Å². The number of carbonyl (C=O) groups is 3. The first-order valence-corrected chi connectivity index (χ1v) is 10.2. The molecule has 1 rings (SSSR count). The van der Waals surface area contributed by atoms with Gasteiger partial charge in [-0.3, -0.25) is 8.98 Å².